The Kier molecular flexibility index (Phi) is 4.32. The summed E-state index contributed by atoms with van der Waals surface area (Å²) in [5, 5.41) is 7.78. The van der Waals surface area contributed by atoms with E-state index in [-0.39, 0.29) is 23.2 Å². The molecule has 0 spiro atoms. The highest BCUT2D eigenvalue weighted by atomic mass is 19.1. The van der Waals surface area contributed by atoms with Crippen molar-refractivity contribution in [1.82, 2.24) is 20.0 Å². The van der Waals surface area contributed by atoms with Gasteiger partial charge in [-0.25, -0.2) is 4.39 Å². The van der Waals surface area contributed by atoms with E-state index in [9.17, 15) is 14.0 Å². The number of benzene rings is 1. The quantitative estimate of drug-likeness (QED) is 0.910. The number of nitrogens with zero attached hydrogens (tertiary/aromatic N) is 3. The molecule has 7 heteroatoms. The van der Waals surface area contributed by atoms with Gasteiger partial charge in [-0.15, -0.1) is 0 Å². The Morgan fingerprint density at radius 2 is 1.81 bits per heavy atom. The molecule has 2 unspecified atom stereocenters. The third-order valence-corrected chi connectivity index (χ3v) is 5.41. The summed E-state index contributed by atoms with van der Waals surface area (Å²) in [4.78, 5) is 26.8. The summed E-state index contributed by atoms with van der Waals surface area (Å²) >= 11 is 0. The molecule has 1 aromatic carbocycles. The highest BCUT2D eigenvalue weighted by molar-refractivity contribution is 5.92. The van der Waals surface area contributed by atoms with Crippen LogP contribution in [-0.2, 0) is 0 Å². The fourth-order valence-corrected chi connectivity index (χ4v) is 3.98. The number of amides is 1. The van der Waals surface area contributed by atoms with Crippen molar-refractivity contribution in [3.05, 3.63) is 58.3 Å². The van der Waals surface area contributed by atoms with Gasteiger partial charge in [0.15, 0.2) is 0 Å². The Hall–Kier alpha value is -2.54. The van der Waals surface area contributed by atoms with Crippen LogP contribution in [0.4, 0.5) is 4.39 Å². The van der Waals surface area contributed by atoms with Crippen molar-refractivity contribution in [2.24, 2.45) is 0 Å². The molecule has 1 amide bonds. The Morgan fingerprint density at radius 1 is 1.15 bits per heavy atom. The molecule has 2 aliphatic heterocycles. The van der Waals surface area contributed by atoms with Crippen LogP contribution in [-0.4, -0.2) is 45.8 Å². The lowest BCUT2D eigenvalue weighted by molar-refractivity contribution is 0.0673. The molecule has 0 aliphatic carbocycles. The van der Waals surface area contributed by atoms with Crippen LogP contribution in [0.15, 0.2) is 41.2 Å². The third-order valence-electron chi connectivity index (χ3n) is 5.41. The first-order chi connectivity index (χ1) is 12.5. The van der Waals surface area contributed by atoms with Crippen molar-refractivity contribution in [1.29, 1.82) is 0 Å². The van der Waals surface area contributed by atoms with E-state index >= 15 is 0 Å². The van der Waals surface area contributed by atoms with Gasteiger partial charge in [0.05, 0.1) is 5.69 Å². The van der Waals surface area contributed by atoms with Crippen LogP contribution in [0.5, 0.6) is 0 Å². The zero-order valence-electron chi connectivity index (χ0n) is 14.6. The summed E-state index contributed by atoms with van der Waals surface area (Å²) in [5.41, 5.74) is 0.270. The first-order valence-electron chi connectivity index (χ1n) is 8.91. The topological polar surface area (TPSA) is 67.2 Å². The number of piperidine rings is 1. The van der Waals surface area contributed by atoms with Gasteiger partial charge in [-0.2, -0.15) is 9.78 Å². The van der Waals surface area contributed by atoms with Crippen LogP contribution in [0, 0.1) is 5.82 Å². The Morgan fingerprint density at radius 3 is 2.46 bits per heavy atom. The van der Waals surface area contributed by atoms with Crippen LogP contribution in [0.2, 0.25) is 0 Å². The van der Waals surface area contributed by atoms with Crippen molar-refractivity contribution in [3.63, 3.8) is 0 Å². The molecule has 2 fully saturated rings. The van der Waals surface area contributed by atoms with E-state index in [1.807, 2.05) is 0 Å². The van der Waals surface area contributed by atoms with Crippen LogP contribution in [0.1, 0.15) is 36.2 Å². The van der Waals surface area contributed by atoms with Gasteiger partial charge in [0, 0.05) is 31.2 Å². The summed E-state index contributed by atoms with van der Waals surface area (Å²) in [7, 11) is 1.80. The Bertz CT molecular complexity index is 868. The predicted molar refractivity (Wildman–Crippen MR) is 94.9 cm³/mol. The SMILES string of the molecule is CN(C(=O)c1ccc(=O)n(-c2ccc(F)cc2)n1)C1CC2CCC(C1)N2. The third kappa shape index (κ3) is 3.14. The molecule has 4 rings (SSSR count). The molecule has 136 valence electrons. The second-order valence-electron chi connectivity index (χ2n) is 7.12. The van der Waals surface area contributed by atoms with E-state index in [0.717, 1.165) is 30.4 Å². The van der Waals surface area contributed by atoms with Crippen LogP contribution < -0.4 is 10.9 Å². The number of aromatic nitrogens is 2. The van der Waals surface area contributed by atoms with Crippen LogP contribution in [0.25, 0.3) is 5.69 Å². The number of fused-ring (bicyclic) bond motifs is 2. The van der Waals surface area contributed by atoms with E-state index in [1.165, 1.54) is 36.4 Å². The van der Waals surface area contributed by atoms with Gasteiger partial charge in [-0.3, -0.25) is 9.59 Å². The number of hydrogen-bond acceptors (Lipinski definition) is 4. The molecule has 1 N–H and O–H groups in total. The number of nitrogens with one attached hydrogen (secondary N) is 1. The zero-order valence-corrected chi connectivity index (χ0v) is 14.6. The maximum atomic E-state index is 13.1. The number of rotatable bonds is 3. The standard InChI is InChI=1S/C19H21FN4O2/c1-23(16-10-13-4-5-14(11-16)21-13)19(26)17-8-9-18(25)24(22-17)15-6-2-12(20)3-7-15/h2-3,6-9,13-14,16,21H,4-5,10-11H2,1H3. The van der Waals surface area contributed by atoms with Crippen LogP contribution in [0.3, 0.4) is 0 Å². The van der Waals surface area contributed by atoms with Crippen molar-refractivity contribution in [2.45, 2.75) is 43.8 Å². The summed E-state index contributed by atoms with van der Waals surface area (Å²) in [6.07, 6.45) is 4.21. The largest absolute Gasteiger partial charge is 0.337 e. The molecule has 0 radical (unpaired) electrons. The zero-order chi connectivity index (χ0) is 18.3. The number of carbonyl (C=O) groups is 1. The highest BCUT2D eigenvalue weighted by Gasteiger charge is 2.36. The first-order valence-corrected chi connectivity index (χ1v) is 8.91. The lowest BCUT2D eigenvalue weighted by Gasteiger charge is -2.35. The van der Waals surface area contributed by atoms with Gasteiger partial charge in [-0.05, 0) is 56.0 Å². The average Bonchev–Trinajstić information content (AvgIpc) is 2.99. The maximum Gasteiger partial charge on any atom is 0.274 e. The summed E-state index contributed by atoms with van der Waals surface area (Å²) in [6, 6.07) is 9.36. The predicted octanol–water partition coefficient (Wildman–Crippen LogP) is 1.73. The van der Waals surface area contributed by atoms with E-state index < -0.39 is 5.82 Å². The maximum absolute atomic E-state index is 13.1. The fourth-order valence-electron chi connectivity index (χ4n) is 3.98. The second-order valence-corrected chi connectivity index (χ2v) is 7.12. The molecule has 0 saturated carbocycles. The summed E-state index contributed by atoms with van der Waals surface area (Å²) < 4.78 is 14.2. The smallest absolute Gasteiger partial charge is 0.274 e. The normalized spacial score (nSPS) is 24.5. The minimum absolute atomic E-state index is 0.175. The molecule has 26 heavy (non-hydrogen) atoms. The molecule has 6 nitrogen and oxygen atoms in total. The van der Waals surface area contributed by atoms with E-state index in [2.05, 4.69) is 10.4 Å². The van der Waals surface area contributed by atoms with Crippen LogP contribution >= 0.6 is 0 Å². The lowest BCUT2D eigenvalue weighted by Crippen LogP contribution is -2.49. The first kappa shape index (κ1) is 16.9. The van der Waals surface area contributed by atoms with E-state index in [0.29, 0.717) is 17.8 Å². The molecule has 2 aliphatic rings. The highest BCUT2D eigenvalue weighted by Crippen LogP contribution is 2.29. The molecule has 2 saturated heterocycles. The fraction of sp³-hybridized carbons (Fsp3) is 0.421. The molecule has 2 bridgehead atoms. The Labute approximate surface area is 150 Å². The number of halogens is 1. The number of hydrogen-bond donors (Lipinski definition) is 1. The number of carbonyl (C=O) groups excluding carboxylic acids is 1. The second kappa shape index (κ2) is 6.64. The van der Waals surface area contributed by atoms with Crippen molar-refractivity contribution >= 4 is 5.91 Å². The van der Waals surface area contributed by atoms with Gasteiger partial charge in [0.1, 0.15) is 11.5 Å². The lowest BCUT2D eigenvalue weighted by atomic mass is 9.98. The molecule has 1 aromatic heterocycles. The molecule has 2 aromatic rings. The molecule has 2 atom stereocenters. The van der Waals surface area contributed by atoms with E-state index in [1.54, 1.807) is 11.9 Å². The molecular weight excluding hydrogens is 335 g/mol. The minimum atomic E-state index is -0.394. The van der Waals surface area contributed by atoms with Crippen molar-refractivity contribution in [2.75, 3.05) is 7.05 Å². The monoisotopic (exact) mass is 356 g/mol. The summed E-state index contributed by atoms with van der Waals surface area (Å²) in [5.74, 6) is -0.596. The molecule has 3 heterocycles. The minimum Gasteiger partial charge on any atom is -0.337 e. The van der Waals surface area contributed by atoms with E-state index in [4.69, 9.17) is 0 Å². The molecular formula is C19H21FN4O2. The van der Waals surface area contributed by atoms with Crippen molar-refractivity contribution < 1.29 is 9.18 Å². The average molecular weight is 356 g/mol. The van der Waals surface area contributed by atoms with Gasteiger partial charge < -0.3 is 10.2 Å². The van der Waals surface area contributed by atoms with Gasteiger partial charge in [-0.1, -0.05) is 0 Å². The summed E-state index contributed by atoms with van der Waals surface area (Å²) in [6.45, 7) is 0. The van der Waals surface area contributed by atoms with Crippen molar-refractivity contribution in [3.8, 4) is 5.69 Å². The Balaban J connectivity index is 1.59. The van der Waals surface area contributed by atoms with Gasteiger partial charge in [0.25, 0.3) is 11.5 Å². The van der Waals surface area contributed by atoms with Gasteiger partial charge >= 0.3 is 0 Å². The van der Waals surface area contributed by atoms with Gasteiger partial charge in [0.2, 0.25) is 0 Å².